The molecule has 2 rings (SSSR count). The van der Waals surface area contributed by atoms with Gasteiger partial charge in [-0.15, -0.1) is 0 Å². The van der Waals surface area contributed by atoms with E-state index in [2.05, 4.69) is 12.7 Å². The van der Waals surface area contributed by atoms with Crippen molar-refractivity contribution in [3.63, 3.8) is 0 Å². The molecule has 2 aliphatic rings. The Morgan fingerprint density at radius 2 is 2.43 bits per heavy atom. The first-order chi connectivity index (χ1) is 6.66. The molecule has 76 valence electrons. The molecule has 1 fully saturated rings. The zero-order valence-corrected chi connectivity index (χ0v) is 8.58. The monoisotopic (exact) mass is 192 g/mol. The SMILES string of the molecule is C=C(C)C(=O)OCC1=CC2CCC1C2. The molecule has 2 nitrogen and oxygen atoms in total. The summed E-state index contributed by atoms with van der Waals surface area (Å²) in [5.41, 5.74) is 1.81. The second-order valence-corrected chi connectivity index (χ2v) is 4.37. The van der Waals surface area contributed by atoms with Gasteiger partial charge in [0.2, 0.25) is 0 Å². The molecule has 2 unspecified atom stereocenters. The summed E-state index contributed by atoms with van der Waals surface area (Å²) in [4.78, 5) is 11.2. The second kappa shape index (κ2) is 3.60. The molecule has 2 atom stereocenters. The first-order valence-corrected chi connectivity index (χ1v) is 5.20. The largest absolute Gasteiger partial charge is 0.458 e. The molecular formula is C12H16O2. The fraction of sp³-hybridized carbons (Fsp3) is 0.583. The molecule has 0 aliphatic heterocycles. The van der Waals surface area contributed by atoms with E-state index in [0.29, 0.717) is 18.1 Å². The third-order valence-electron chi connectivity index (χ3n) is 3.17. The third-order valence-corrected chi connectivity index (χ3v) is 3.17. The van der Waals surface area contributed by atoms with E-state index < -0.39 is 0 Å². The van der Waals surface area contributed by atoms with Crippen molar-refractivity contribution in [1.29, 1.82) is 0 Å². The van der Waals surface area contributed by atoms with Crippen molar-refractivity contribution in [1.82, 2.24) is 0 Å². The average molecular weight is 192 g/mol. The van der Waals surface area contributed by atoms with Crippen LogP contribution in [0.15, 0.2) is 23.8 Å². The van der Waals surface area contributed by atoms with E-state index in [1.165, 1.54) is 24.8 Å². The van der Waals surface area contributed by atoms with Crippen molar-refractivity contribution in [3.05, 3.63) is 23.8 Å². The lowest BCUT2D eigenvalue weighted by Gasteiger charge is -2.13. The summed E-state index contributed by atoms with van der Waals surface area (Å²) in [5.74, 6) is 1.19. The van der Waals surface area contributed by atoms with Crippen LogP contribution < -0.4 is 0 Å². The highest BCUT2D eigenvalue weighted by molar-refractivity contribution is 5.87. The number of hydrogen-bond donors (Lipinski definition) is 0. The van der Waals surface area contributed by atoms with E-state index in [1.54, 1.807) is 6.92 Å². The van der Waals surface area contributed by atoms with E-state index in [-0.39, 0.29) is 5.97 Å². The van der Waals surface area contributed by atoms with Gasteiger partial charge in [0.15, 0.2) is 0 Å². The van der Waals surface area contributed by atoms with Crippen LogP contribution in [0, 0.1) is 11.8 Å². The maximum Gasteiger partial charge on any atom is 0.333 e. The fourth-order valence-electron chi connectivity index (χ4n) is 2.38. The molecule has 0 spiro atoms. The van der Waals surface area contributed by atoms with Crippen molar-refractivity contribution < 1.29 is 9.53 Å². The molecule has 2 bridgehead atoms. The second-order valence-electron chi connectivity index (χ2n) is 4.37. The number of rotatable bonds is 3. The van der Waals surface area contributed by atoms with Crippen LogP contribution in [-0.2, 0) is 9.53 Å². The smallest absolute Gasteiger partial charge is 0.333 e. The van der Waals surface area contributed by atoms with Gasteiger partial charge in [-0.05, 0) is 43.6 Å². The Balaban J connectivity index is 1.85. The summed E-state index contributed by atoms with van der Waals surface area (Å²) in [5, 5.41) is 0. The summed E-state index contributed by atoms with van der Waals surface area (Å²) in [6.45, 7) is 5.71. The molecule has 0 amide bonds. The van der Waals surface area contributed by atoms with Crippen LogP contribution in [0.4, 0.5) is 0 Å². The van der Waals surface area contributed by atoms with Gasteiger partial charge in [-0.3, -0.25) is 0 Å². The van der Waals surface area contributed by atoms with Crippen LogP contribution in [0.5, 0.6) is 0 Å². The van der Waals surface area contributed by atoms with E-state index in [1.807, 2.05) is 0 Å². The molecular weight excluding hydrogens is 176 g/mol. The fourth-order valence-corrected chi connectivity index (χ4v) is 2.38. The van der Waals surface area contributed by atoms with Gasteiger partial charge in [0, 0.05) is 5.57 Å². The van der Waals surface area contributed by atoms with Crippen molar-refractivity contribution in [2.45, 2.75) is 26.2 Å². The summed E-state index contributed by atoms with van der Waals surface area (Å²) in [6, 6.07) is 0. The molecule has 14 heavy (non-hydrogen) atoms. The van der Waals surface area contributed by atoms with E-state index in [9.17, 15) is 4.79 Å². The van der Waals surface area contributed by atoms with Gasteiger partial charge >= 0.3 is 5.97 Å². The molecule has 0 saturated heterocycles. The third kappa shape index (κ3) is 1.74. The summed E-state index contributed by atoms with van der Waals surface area (Å²) in [6.07, 6.45) is 6.17. The highest BCUT2D eigenvalue weighted by Crippen LogP contribution is 2.43. The number of fused-ring (bicyclic) bond motifs is 2. The zero-order valence-electron chi connectivity index (χ0n) is 8.58. The Hall–Kier alpha value is -1.05. The molecule has 0 radical (unpaired) electrons. The summed E-state index contributed by atoms with van der Waals surface area (Å²) >= 11 is 0. The first-order valence-electron chi connectivity index (χ1n) is 5.20. The van der Waals surface area contributed by atoms with Crippen molar-refractivity contribution >= 4 is 5.97 Å². The molecule has 0 N–H and O–H groups in total. The molecule has 0 heterocycles. The Labute approximate surface area is 84.6 Å². The highest BCUT2D eigenvalue weighted by atomic mass is 16.5. The maximum absolute atomic E-state index is 11.2. The quantitative estimate of drug-likeness (QED) is 0.390. The minimum absolute atomic E-state index is 0.270. The normalized spacial score (nSPS) is 28.8. The zero-order chi connectivity index (χ0) is 10.1. The molecule has 2 heteroatoms. The first kappa shape index (κ1) is 9.50. The Morgan fingerprint density at radius 3 is 2.93 bits per heavy atom. The minimum Gasteiger partial charge on any atom is -0.458 e. The number of hydrogen-bond acceptors (Lipinski definition) is 2. The van der Waals surface area contributed by atoms with Gasteiger partial charge in [0.05, 0.1) is 0 Å². The van der Waals surface area contributed by atoms with Crippen LogP contribution in [0.1, 0.15) is 26.2 Å². The summed E-state index contributed by atoms with van der Waals surface area (Å²) in [7, 11) is 0. The van der Waals surface area contributed by atoms with Gasteiger partial charge in [-0.2, -0.15) is 0 Å². The Bertz CT molecular complexity index is 301. The predicted octanol–water partition coefficient (Wildman–Crippen LogP) is 2.46. The summed E-state index contributed by atoms with van der Waals surface area (Å²) < 4.78 is 5.13. The van der Waals surface area contributed by atoms with E-state index in [4.69, 9.17) is 4.74 Å². The molecule has 0 aromatic rings. The lowest BCUT2D eigenvalue weighted by molar-refractivity contribution is -0.138. The van der Waals surface area contributed by atoms with Gasteiger partial charge in [0.25, 0.3) is 0 Å². The van der Waals surface area contributed by atoms with Crippen LogP contribution in [0.2, 0.25) is 0 Å². The number of ether oxygens (including phenoxy) is 1. The lowest BCUT2D eigenvalue weighted by atomic mass is 9.99. The molecule has 0 aromatic carbocycles. The lowest BCUT2D eigenvalue weighted by Crippen LogP contribution is -2.11. The van der Waals surface area contributed by atoms with Gasteiger partial charge < -0.3 is 4.74 Å². The Kier molecular flexibility index (Phi) is 2.44. The minimum atomic E-state index is -0.270. The van der Waals surface area contributed by atoms with E-state index in [0.717, 1.165) is 5.92 Å². The predicted molar refractivity (Wildman–Crippen MR) is 54.7 cm³/mol. The number of carbonyl (C=O) groups is 1. The van der Waals surface area contributed by atoms with Crippen molar-refractivity contribution in [2.24, 2.45) is 11.8 Å². The van der Waals surface area contributed by atoms with Crippen molar-refractivity contribution in [3.8, 4) is 0 Å². The Morgan fingerprint density at radius 1 is 1.64 bits per heavy atom. The molecule has 2 aliphatic carbocycles. The number of carbonyl (C=O) groups excluding carboxylic acids is 1. The van der Waals surface area contributed by atoms with E-state index >= 15 is 0 Å². The number of allylic oxidation sites excluding steroid dienone is 1. The van der Waals surface area contributed by atoms with Crippen LogP contribution in [0.25, 0.3) is 0 Å². The topological polar surface area (TPSA) is 26.3 Å². The van der Waals surface area contributed by atoms with Crippen LogP contribution in [0.3, 0.4) is 0 Å². The number of esters is 1. The molecule has 0 aromatic heterocycles. The molecule has 1 saturated carbocycles. The maximum atomic E-state index is 11.2. The van der Waals surface area contributed by atoms with Gasteiger partial charge in [0.1, 0.15) is 6.61 Å². The van der Waals surface area contributed by atoms with Gasteiger partial charge in [-0.25, -0.2) is 4.79 Å². The van der Waals surface area contributed by atoms with Crippen LogP contribution in [-0.4, -0.2) is 12.6 Å². The standard InChI is InChI=1S/C12H16O2/c1-8(2)12(13)14-7-11-6-9-3-4-10(11)5-9/h6,9-10H,1,3-5,7H2,2H3. The highest BCUT2D eigenvalue weighted by Gasteiger charge is 2.32. The van der Waals surface area contributed by atoms with Crippen molar-refractivity contribution in [2.75, 3.05) is 6.61 Å². The van der Waals surface area contributed by atoms with Crippen LogP contribution >= 0.6 is 0 Å². The van der Waals surface area contributed by atoms with Gasteiger partial charge in [-0.1, -0.05) is 12.7 Å². The average Bonchev–Trinajstić information content (AvgIpc) is 2.74.